The molecule has 1 saturated heterocycles. The lowest BCUT2D eigenvalue weighted by molar-refractivity contribution is 0.0637. The first-order valence-corrected chi connectivity index (χ1v) is 10.6. The Kier molecular flexibility index (Phi) is 5.14. The van der Waals surface area contributed by atoms with Crippen LogP contribution in [-0.2, 0) is 6.54 Å². The van der Waals surface area contributed by atoms with Crippen molar-refractivity contribution < 1.29 is 8.78 Å². The van der Waals surface area contributed by atoms with E-state index in [9.17, 15) is 8.78 Å². The molecule has 1 fully saturated rings. The predicted molar refractivity (Wildman–Crippen MR) is 114 cm³/mol. The number of halogens is 2. The van der Waals surface area contributed by atoms with Gasteiger partial charge >= 0.3 is 6.55 Å². The van der Waals surface area contributed by atoms with E-state index in [1.807, 2.05) is 18.2 Å². The Bertz CT molecular complexity index is 1130. The van der Waals surface area contributed by atoms with Crippen LogP contribution in [0.25, 0.3) is 20.7 Å². The molecule has 0 N–H and O–H groups in total. The van der Waals surface area contributed by atoms with Crippen molar-refractivity contribution in [3.8, 4) is 10.4 Å². The molecule has 0 bridgehead atoms. The van der Waals surface area contributed by atoms with Crippen LogP contribution in [0.3, 0.4) is 0 Å². The topological polar surface area (TPSA) is 50.1 Å². The van der Waals surface area contributed by atoms with Crippen molar-refractivity contribution in [3.05, 3.63) is 60.9 Å². The van der Waals surface area contributed by atoms with Crippen molar-refractivity contribution in [1.82, 2.24) is 24.4 Å². The van der Waals surface area contributed by atoms with E-state index < -0.39 is 6.55 Å². The molecule has 154 valence electrons. The zero-order chi connectivity index (χ0) is 20.5. The summed E-state index contributed by atoms with van der Waals surface area (Å²) in [4.78, 5) is 19.7. The Morgan fingerprint density at radius 2 is 1.80 bits per heavy atom. The fourth-order valence-corrected chi connectivity index (χ4v) is 4.80. The van der Waals surface area contributed by atoms with Crippen LogP contribution in [0, 0.1) is 0 Å². The van der Waals surface area contributed by atoms with E-state index in [4.69, 9.17) is 0 Å². The molecule has 1 aromatic carbocycles. The Morgan fingerprint density at radius 1 is 1.00 bits per heavy atom. The van der Waals surface area contributed by atoms with Gasteiger partial charge in [0.25, 0.3) is 0 Å². The molecule has 0 saturated carbocycles. The summed E-state index contributed by atoms with van der Waals surface area (Å²) in [5.74, 6) is 1.33. The van der Waals surface area contributed by atoms with Crippen molar-refractivity contribution in [2.75, 3.05) is 31.1 Å². The highest BCUT2D eigenvalue weighted by atomic mass is 32.1. The second kappa shape index (κ2) is 8.08. The number of thiophene rings is 1. The van der Waals surface area contributed by atoms with E-state index in [0.29, 0.717) is 12.4 Å². The van der Waals surface area contributed by atoms with Crippen molar-refractivity contribution >= 4 is 27.4 Å². The molecule has 0 atom stereocenters. The molecule has 6 nitrogen and oxygen atoms in total. The van der Waals surface area contributed by atoms with Gasteiger partial charge in [-0.2, -0.15) is 8.78 Å². The SMILES string of the molecule is FC(F)n1ccnc1CN1CCN(c2ncnc3sc(-c4ccccc4)cc23)CC1. The molecule has 4 heterocycles. The summed E-state index contributed by atoms with van der Waals surface area (Å²) < 4.78 is 27.0. The molecule has 0 spiro atoms. The van der Waals surface area contributed by atoms with Gasteiger partial charge in [0.1, 0.15) is 22.8 Å². The number of fused-ring (bicyclic) bond motifs is 1. The molecule has 1 aliphatic rings. The highest BCUT2D eigenvalue weighted by molar-refractivity contribution is 7.21. The maximum absolute atomic E-state index is 13.1. The van der Waals surface area contributed by atoms with Crippen LogP contribution < -0.4 is 4.90 Å². The maximum Gasteiger partial charge on any atom is 0.319 e. The molecule has 30 heavy (non-hydrogen) atoms. The molecule has 0 radical (unpaired) electrons. The van der Waals surface area contributed by atoms with Crippen molar-refractivity contribution in [1.29, 1.82) is 0 Å². The van der Waals surface area contributed by atoms with E-state index in [2.05, 4.69) is 43.0 Å². The van der Waals surface area contributed by atoms with Crippen molar-refractivity contribution in [3.63, 3.8) is 0 Å². The number of hydrogen-bond acceptors (Lipinski definition) is 6. The van der Waals surface area contributed by atoms with E-state index in [1.165, 1.54) is 22.8 Å². The average molecular weight is 426 g/mol. The van der Waals surface area contributed by atoms with Gasteiger partial charge in [-0.1, -0.05) is 30.3 Å². The Hall–Kier alpha value is -2.91. The normalized spacial score (nSPS) is 15.4. The minimum absolute atomic E-state index is 0.396. The van der Waals surface area contributed by atoms with Crippen LogP contribution in [0.4, 0.5) is 14.6 Å². The van der Waals surface area contributed by atoms with Gasteiger partial charge < -0.3 is 4.90 Å². The Balaban J connectivity index is 1.32. The van der Waals surface area contributed by atoms with Crippen molar-refractivity contribution in [2.45, 2.75) is 13.1 Å². The van der Waals surface area contributed by atoms with Gasteiger partial charge in [0.15, 0.2) is 0 Å². The fraction of sp³-hybridized carbons (Fsp3) is 0.286. The van der Waals surface area contributed by atoms with Crippen LogP contribution in [0.15, 0.2) is 55.1 Å². The Labute approximate surface area is 176 Å². The van der Waals surface area contributed by atoms with Crippen molar-refractivity contribution in [2.24, 2.45) is 0 Å². The van der Waals surface area contributed by atoms with Gasteiger partial charge in [0.2, 0.25) is 0 Å². The monoisotopic (exact) mass is 426 g/mol. The zero-order valence-electron chi connectivity index (χ0n) is 16.2. The maximum atomic E-state index is 13.1. The highest BCUT2D eigenvalue weighted by Crippen LogP contribution is 2.36. The smallest absolute Gasteiger partial charge is 0.319 e. The second-order valence-electron chi connectivity index (χ2n) is 7.18. The van der Waals surface area contributed by atoms with Gasteiger partial charge in [-0.15, -0.1) is 11.3 Å². The van der Waals surface area contributed by atoms with E-state index in [0.717, 1.165) is 46.8 Å². The first kappa shape index (κ1) is 19.1. The second-order valence-corrected chi connectivity index (χ2v) is 8.22. The molecule has 0 aliphatic carbocycles. The standard InChI is InChI=1S/C21H20F2N6S/c22-21(23)29-7-6-24-18(29)13-27-8-10-28(11-9-27)19-16-12-17(15-4-2-1-3-5-15)30-20(16)26-14-25-19/h1-7,12,14,21H,8-11,13H2. The molecular weight excluding hydrogens is 406 g/mol. The number of imidazole rings is 1. The van der Waals surface area contributed by atoms with Crippen LogP contribution in [0.1, 0.15) is 12.4 Å². The summed E-state index contributed by atoms with van der Waals surface area (Å²) in [5, 5.41) is 1.06. The number of nitrogens with zero attached hydrogens (tertiary/aromatic N) is 6. The minimum Gasteiger partial charge on any atom is -0.353 e. The van der Waals surface area contributed by atoms with E-state index in [1.54, 1.807) is 17.7 Å². The highest BCUT2D eigenvalue weighted by Gasteiger charge is 2.23. The largest absolute Gasteiger partial charge is 0.353 e. The number of alkyl halides is 2. The molecule has 9 heteroatoms. The third kappa shape index (κ3) is 3.66. The summed E-state index contributed by atoms with van der Waals surface area (Å²) in [5.41, 5.74) is 1.17. The number of anilines is 1. The molecule has 4 aromatic rings. The van der Waals surface area contributed by atoms with E-state index >= 15 is 0 Å². The third-order valence-corrected chi connectivity index (χ3v) is 6.45. The van der Waals surface area contributed by atoms with Gasteiger partial charge in [0, 0.05) is 43.4 Å². The van der Waals surface area contributed by atoms with Crippen LogP contribution in [0.5, 0.6) is 0 Å². The third-order valence-electron chi connectivity index (χ3n) is 5.36. The van der Waals surface area contributed by atoms with Gasteiger partial charge in [-0.3, -0.25) is 9.47 Å². The van der Waals surface area contributed by atoms with Gasteiger partial charge in [-0.05, 0) is 11.6 Å². The fourth-order valence-electron chi connectivity index (χ4n) is 3.80. The van der Waals surface area contributed by atoms with Crippen LogP contribution >= 0.6 is 11.3 Å². The number of rotatable bonds is 5. The number of piperazine rings is 1. The first-order valence-electron chi connectivity index (χ1n) is 9.76. The van der Waals surface area contributed by atoms with Crippen LogP contribution in [0.2, 0.25) is 0 Å². The molecule has 0 amide bonds. The first-order chi connectivity index (χ1) is 14.7. The lowest BCUT2D eigenvalue weighted by atomic mass is 10.2. The quantitative estimate of drug-likeness (QED) is 0.477. The summed E-state index contributed by atoms with van der Waals surface area (Å²) in [6.07, 6.45) is 4.37. The summed E-state index contributed by atoms with van der Waals surface area (Å²) in [6, 6.07) is 12.4. The number of aromatic nitrogens is 4. The minimum atomic E-state index is -2.56. The molecule has 0 unspecified atom stereocenters. The molecule has 3 aromatic heterocycles. The lowest BCUT2D eigenvalue weighted by Gasteiger charge is -2.35. The molecular formula is C21H20F2N6S. The summed E-state index contributed by atoms with van der Waals surface area (Å²) in [6.45, 7) is 0.932. The van der Waals surface area contributed by atoms with Gasteiger partial charge in [-0.25, -0.2) is 15.0 Å². The summed E-state index contributed by atoms with van der Waals surface area (Å²) in [7, 11) is 0. The van der Waals surface area contributed by atoms with Gasteiger partial charge in [0.05, 0.1) is 11.9 Å². The Morgan fingerprint density at radius 3 is 2.57 bits per heavy atom. The zero-order valence-corrected chi connectivity index (χ0v) is 17.0. The summed E-state index contributed by atoms with van der Waals surface area (Å²) >= 11 is 1.67. The number of benzene rings is 1. The lowest BCUT2D eigenvalue weighted by Crippen LogP contribution is -2.46. The predicted octanol–water partition coefficient (Wildman–Crippen LogP) is 4.27. The number of hydrogen-bond donors (Lipinski definition) is 0. The van der Waals surface area contributed by atoms with Crippen LogP contribution in [-0.4, -0.2) is 50.6 Å². The molecule has 1 aliphatic heterocycles. The average Bonchev–Trinajstić information content (AvgIpc) is 3.42. The molecule has 5 rings (SSSR count). The van der Waals surface area contributed by atoms with E-state index in [-0.39, 0.29) is 0 Å².